The molecule has 2 N–H and O–H groups in total. The summed E-state index contributed by atoms with van der Waals surface area (Å²) in [5.74, 6) is -4.14. The Balaban J connectivity index is 1.41. The van der Waals surface area contributed by atoms with Gasteiger partial charge in [-0.05, 0) is 66.6 Å². The fourth-order valence-corrected chi connectivity index (χ4v) is 6.39. The average Bonchev–Trinajstić information content (AvgIpc) is 3.56. The molecule has 0 aromatic carbocycles. The molecule has 2 aliphatic carbocycles. The lowest BCUT2D eigenvalue weighted by Crippen LogP contribution is -2.37. The molecule has 0 spiro atoms. The predicted octanol–water partition coefficient (Wildman–Crippen LogP) is 6.30. The molecule has 2 fully saturated rings. The van der Waals surface area contributed by atoms with Crippen molar-refractivity contribution < 1.29 is 31.5 Å². The van der Waals surface area contributed by atoms with E-state index in [0.717, 1.165) is 30.8 Å². The monoisotopic (exact) mass is 627 g/mol. The zero-order chi connectivity index (χ0) is 30.9. The van der Waals surface area contributed by atoms with Crippen LogP contribution < -0.4 is 10.6 Å². The number of imidazole rings is 1. The topological polar surface area (TPSA) is 114 Å². The maximum Gasteiger partial charge on any atom is 0.389 e. The number of carbonyl (C=O) groups is 2. The molecular weight excluding hydrogens is 593 g/mol. The van der Waals surface area contributed by atoms with Crippen LogP contribution in [0, 0.1) is 11.8 Å². The lowest BCUT2D eigenvalue weighted by molar-refractivity contribution is -0.144. The molecule has 0 bridgehead atoms. The Bertz CT molecular complexity index is 1440. The Kier molecular flexibility index (Phi) is 9.00. The van der Waals surface area contributed by atoms with Crippen LogP contribution >= 0.6 is 11.5 Å². The number of alkyl halides is 5. The fourth-order valence-electron chi connectivity index (χ4n) is 5.75. The molecule has 3 aromatic rings. The quantitative estimate of drug-likeness (QED) is 0.255. The molecule has 2 saturated carbocycles. The van der Waals surface area contributed by atoms with Gasteiger partial charge >= 0.3 is 6.18 Å². The molecule has 43 heavy (non-hydrogen) atoms. The Morgan fingerprint density at radius 3 is 2.42 bits per heavy atom. The number of aromatic nitrogens is 5. The molecule has 2 amide bonds. The van der Waals surface area contributed by atoms with Crippen LogP contribution in [0.25, 0.3) is 5.65 Å². The summed E-state index contributed by atoms with van der Waals surface area (Å²) in [6.45, 7) is 3.85. The highest BCUT2D eigenvalue weighted by Gasteiger charge is 2.40. The van der Waals surface area contributed by atoms with Gasteiger partial charge in [0, 0.05) is 19.3 Å². The molecule has 2 atom stereocenters. The van der Waals surface area contributed by atoms with Crippen LogP contribution in [0.3, 0.4) is 0 Å². The fraction of sp³-hybridized carbons (Fsp3) is 0.643. The van der Waals surface area contributed by atoms with Gasteiger partial charge in [0.05, 0.1) is 41.5 Å². The van der Waals surface area contributed by atoms with E-state index >= 15 is 0 Å². The first-order valence-corrected chi connectivity index (χ1v) is 15.3. The average molecular weight is 628 g/mol. The van der Waals surface area contributed by atoms with Gasteiger partial charge in [-0.1, -0.05) is 24.8 Å². The van der Waals surface area contributed by atoms with Crippen LogP contribution in [0.1, 0.15) is 116 Å². The standard InChI is InChI=1S/C28H34F5N7O2S/c1-15(2)25-24(38-39-43-25)26(42)37-23(17-6-9-27(29,30)10-7-17)19-14-40-20(35-19)12-18(13-34-40)22(16-4-3-5-16)36-21(41)8-11-28(31,32)33/h12-17,22-23H,3-11H2,1-2H3,(H,36,41)(H,37,42)/t22?,23-/m0/s1. The second kappa shape index (κ2) is 12.4. The van der Waals surface area contributed by atoms with Crippen molar-refractivity contribution in [3.8, 4) is 0 Å². The summed E-state index contributed by atoms with van der Waals surface area (Å²) in [6.07, 6.45) is -0.736. The van der Waals surface area contributed by atoms with E-state index in [1.54, 1.807) is 18.5 Å². The minimum Gasteiger partial charge on any atom is -0.349 e. The molecular formula is C28H34F5N7O2S. The van der Waals surface area contributed by atoms with Crippen molar-refractivity contribution in [3.05, 3.63) is 40.3 Å². The molecule has 0 saturated heterocycles. The highest BCUT2D eigenvalue weighted by atomic mass is 32.1. The minimum atomic E-state index is -4.43. The molecule has 3 aromatic heterocycles. The highest BCUT2D eigenvalue weighted by Crippen LogP contribution is 2.42. The van der Waals surface area contributed by atoms with Crippen LogP contribution in [0.15, 0.2) is 18.5 Å². The number of nitrogens with one attached hydrogen (secondary N) is 2. The maximum absolute atomic E-state index is 14.0. The Morgan fingerprint density at radius 1 is 1.09 bits per heavy atom. The molecule has 1 unspecified atom stereocenters. The number of rotatable bonds is 10. The highest BCUT2D eigenvalue weighted by molar-refractivity contribution is 7.05. The van der Waals surface area contributed by atoms with Crippen molar-refractivity contribution in [2.45, 2.75) is 102 Å². The van der Waals surface area contributed by atoms with E-state index in [-0.39, 0.29) is 49.1 Å². The minimum absolute atomic E-state index is 0.0166. The second-order valence-electron chi connectivity index (χ2n) is 11.9. The first kappa shape index (κ1) is 31.2. The van der Waals surface area contributed by atoms with Crippen molar-refractivity contribution >= 4 is 29.0 Å². The smallest absolute Gasteiger partial charge is 0.349 e. The van der Waals surface area contributed by atoms with E-state index in [1.807, 2.05) is 13.8 Å². The molecule has 2 aliphatic rings. The number of carbonyl (C=O) groups excluding carboxylic acids is 2. The number of halogens is 5. The predicted molar refractivity (Wildman–Crippen MR) is 148 cm³/mol. The van der Waals surface area contributed by atoms with Gasteiger partial charge in [-0.25, -0.2) is 18.3 Å². The van der Waals surface area contributed by atoms with E-state index < -0.39 is 48.8 Å². The molecule has 234 valence electrons. The summed E-state index contributed by atoms with van der Waals surface area (Å²) >= 11 is 1.13. The third-order valence-corrected chi connectivity index (χ3v) is 9.41. The number of hydrogen-bond donors (Lipinski definition) is 2. The summed E-state index contributed by atoms with van der Waals surface area (Å²) in [7, 11) is 0. The largest absolute Gasteiger partial charge is 0.389 e. The van der Waals surface area contributed by atoms with E-state index in [2.05, 4.69) is 25.3 Å². The number of hydrogen-bond acceptors (Lipinski definition) is 7. The second-order valence-corrected chi connectivity index (χ2v) is 12.7. The molecule has 0 aliphatic heterocycles. The summed E-state index contributed by atoms with van der Waals surface area (Å²) < 4.78 is 71.5. The first-order chi connectivity index (χ1) is 20.3. The normalized spacial score (nSPS) is 19.3. The first-order valence-electron chi connectivity index (χ1n) is 14.5. The molecule has 5 rings (SSSR count). The molecule has 15 heteroatoms. The Morgan fingerprint density at radius 2 is 1.79 bits per heavy atom. The maximum atomic E-state index is 14.0. The van der Waals surface area contributed by atoms with E-state index in [9.17, 15) is 31.5 Å². The van der Waals surface area contributed by atoms with Crippen molar-refractivity contribution in [1.82, 2.24) is 34.8 Å². The van der Waals surface area contributed by atoms with Crippen LogP contribution in [0.4, 0.5) is 22.0 Å². The summed E-state index contributed by atoms with van der Waals surface area (Å²) in [6, 6.07) is 0.508. The van der Waals surface area contributed by atoms with Gasteiger partial charge in [-0.3, -0.25) is 9.59 Å². The van der Waals surface area contributed by atoms with Crippen molar-refractivity contribution in [1.29, 1.82) is 0 Å². The van der Waals surface area contributed by atoms with Crippen LogP contribution in [0.5, 0.6) is 0 Å². The lowest BCUT2D eigenvalue weighted by Gasteiger charge is -2.34. The Labute approximate surface area is 249 Å². The molecule has 0 radical (unpaired) electrons. The van der Waals surface area contributed by atoms with Crippen LogP contribution in [-0.2, 0) is 4.79 Å². The van der Waals surface area contributed by atoms with Crippen molar-refractivity contribution in [2.24, 2.45) is 11.8 Å². The number of fused-ring (bicyclic) bond motifs is 1. The zero-order valence-corrected chi connectivity index (χ0v) is 24.6. The van der Waals surface area contributed by atoms with Crippen LogP contribution in [-0.4, -0.2) is 48.1 Å². The van der Waals surface area contributed by atoms with Crippen molar-refractivity contribution in [2.75, 3.05) is 0 Å². The van der Waals surface area contributed by atoms with Gasteiger partial charge in [0.25, 0.3) is 5.91 Å². The lowest BCUT2D eigenvalue weighted by atomic mass is 9.77. The Hall–Kier alpha value is -3.23. The van der Waals surface area contributed by atoms with Gasteiger partial charge in [0.15, 0.2) is 11.3 Å². The molecule has 3 heterocycles. The van der Waals surface area contributed by atoms with Gasteiger partial charge in [-0.15, -0.1) is 5.10 Å². The van der Waals surface area contributed by atoms with Gasteiger partial charge in [0.2, 0.25) is 11.8 Å². The molecule has 9 nitrogen and oxygen atoms in total. The number of amides is 2. The third kappa shape index (κ3) is 7.47. The van der Waals surface area contributed by atoms with Gasteiger partial charge < -0.3 is 10.6 Å². The van der Waals surface area contributed by atoms with E-state index in [4.69, 9.17) is 4.98 Å². The summed E-state index contributed by atoms with van der Waals surface area (Å²) in [5.41, 5.74) is 1.65. The summed E-state index contributed by atoms with van der Waals surface area (Å²) in [4.78, 5) is 31.2. The van der Waals surface area contributed by atoms with Gasteiger partial charge in [0.1, 0.15) is 0 Å². The van der Waals surface area contributed by atoms with Gasteiger partial charge in [-0.2, -0.15) is 18.3 Å². The van der Waals surface area contributed by atoms with Crippen molar-refractivity contribution in [3.63, 3.8) is 0 Å². The zero-order valence-electron chi connectivity index (χ0n) is 23.8. The number of nitrogens with zero attached hydrogens (tertiary/aromatic N) is 5. The van der Waals surface area contributed by atoms with E-state index in [0.29, 0.717) is 21.8 Å². The van der Waals surface area contributed by atoms with E-state index in [1.165, 1.54) is 4.52 Å². The summed E-state index contributed by atoms with van der Waals surface area (Å²) in [5, 5.41) is 14.2. The van der Waals surface area contributed by atoms with Crippen LogP contribution in [0.2, 0.25) is 0 Å². The third-order valence-electron chi connectivity index (χ3n) is 8.38. The SMILES string of the molecule is CC(C)c1snnc1C(=O)N[C@H](c1cn2ncc(C(NC(=O)CCC(F)(F)F)C3CCC3)cc2n1)C1CCC(F)(F)CC1.